The third kappa shape index (κ3) is 5.70. The zero-order chi connectivity index (χ0) is 26.0. The highest BCUT2D eigenvalue weighted by Crippen LogP contribution is 2.34. The van der Waals surface area contributed by atoms with E-state index >= 15 is 4.39 Å². The number of aromatic nitrogens is 2. The monoisotopic (exact) mass is 562 g/mol. The van der Waals surface area contributed by atoms with Crippen LogP contribution >= 0.6 is 15.9 Å². The Morgan fingerprint density at radius 2 is 1.94 bits per heavy atom. The molecule has 8 nitrogen and oxygen atoms in total. The van der Waals surface area contributed by atoms with E-state index in [9.17, 15) is 24.5 Å². The number of nitrogens with zero attached hydrogens (tertiary/aromatic N) is 2. The molecule has 4 rings (SSSR count). The molecule has 1 fully saturated rings. The second kappa shape index (κ2) is 11.0. The molecule has 0 aliphatic heterocycles. The van der Waals surface area contributed by atoms with Crippen LogP contribution in [0, 0.1) is 11.6 Å². The fourth-order valence-electron chi connectivity index (χ4n) is 4.31. The molecule has 0 radical (unpaired) electrons. The lowest BCUT2D eigenvalue weighted by atomic mass is 9.83. The molecule has 3 aromatic rings. The Morgan fingerprint density at radius 3 is 2.61 bits per heavy atom. The standard InChI is InChI=1S/C25H25BrF2N4O4/c26-15-5-14(6-16(27)9-15)20(11-33)32-25(36)17-3-1-13(7-18(17)28)23-24(29)30-10-19(31-23)12-2-4-21(34)22(35)8-12/h1,3,5-7,9-10,12,20-22,33-35H,2,4,8,11H2,(H2,29,30)(H,32,36)/t12-,20?,21-,22-/m1/s1. The number of nitrogen functional groups attached to an aromatic ring is 1. The number of aliphatic hydroxyl groups is 3. The Bertz CT molecular complexity index is 1260. The van der Waals surface area contributed by atoms with Gasteiger partial charge >= 0.3 is 0 Å². The van der Waals surface area contributed by atoms with E-state index in [4.69, 9.17) is 5.73 Å². The lowest BCUT2D eigenvalue weighted by Gasteiger charge is -2.29. The van der Waals surface area contributed by atoms with Crippen LogP contribution in [0.5, 0.6) is 0 Å². The second-order valence-corrected chi connectivity index (χ2v) is 9.70. The summed E-state index contributed by atoms with van der Waals surface area (Å²) >= 11 is 3.17. The van der Waals surface area contributed by atoms with Crippen LogP contribution in [0.3, 0.4) is 0 Å². The summed E-state index contributed by atoms with van der Waals surface area (Å²) in [7, 11) is 0. The second-order valence-electron chi connectivity index (χ2n) is 8.78. The Labute approximate surface area is 214 Å². The first-order valence-corrected chi connectivity index (χ1v) is 12.1. The van der Waals surface area contributed by atoms with Crippen molar-refractivity contribution in [2.45, 2.75) is 43.4 Å². The first-order chi connectivity index (χ1) is 17.2. The maximum absolute atomic E-state index is 15.0. The van der Waals surface area contributed by atoms with E-state index in [1.54, 1.807) is 6.07 Å². The first kappa shape index (κ1) is 26.1. The van der Waals surface area contributed by atoms with Gasteiger partial charge in [0.2, 0.25) is 0 Å². The van der Waals surface area contributed by atoms with Gasteiger partial charge in [0.15, 0.2) is 0 Å². The quantitative estimate of drug-likeness (QED) is 0.310. The number of hydrogen-bond acceptors (Lipinski definition) is 7. The first-order valence-electron chi connectivity index (χ1n) is 11.3. The highest BCUT2D eigenvalue weighted by atomic mass is 79.9. The average molecular weight is 563 g/mol. The van der Waals surface area contributed by atoms with Gasteiger partial charge in [-0.25, -0.2) is 18.7 Å². The van der Waals surface area contributed by atoms with Crippen molar-refractivity contribution >= 4 is 27.7 Å². The lowest BCUT2D eigenvalue weighted by molar-refractivity contribution is -0.0153. The summed E-state index contributed by atoms with van der Waals surface area (Å²) in [5.74, 6) is -2.25. The molecule has 1 heterocycles. The molecule has 11 heteroatoms. The fraction of sp³-hybridized carbons (Fsp3) is 0.320. The van der Waals surface area contributed by atoms with Crippen molar-refractivity contribution in [1.82, 2.24) is 15.3 Å². The maximum Gasteiger partial charge on any atom is 0.254 e. The minimum Gasteiger partial charge on any atom is -0.394 e. The van der Waals surface area contributed by atoms with Crippen LogP contribution in [0.4, 0.5) is 14.6 Å². The van der Waals surface area contributed by atoms with Crippen molar-refractivity contribution in [3.63, 3.8) is 0 Å². The van der Waals surface area contributed by atoms with Crippen molar-refractivity contribution in [3.8, 4) is 11.3 Å². The van der Waals surface area contributed by atoms with Crippen molar-refractivity contribution in [2.75, 3.05) is 12.3 Å². The van der Waals surface area contributed by atoms with E-state index in [1.807, 2.05) is 0 Å². The molecule has 6 N–H and O–H groups in total. The summed E-state index contributed by atoms with van der Waals surface area (Å²) in [5.41, 5.74) is 7.14. The van der Waals surface area contributed by atoms with E-state index in [0.717, 1.165) is 6.07 Å². The number of nitrogens with two attached hydrogens (primary N) is 1. The minimum atomic E-state index is -0.953. The largest absolute Gasteiger partial charge is 0.394 e. The number of anilines is 1. The van der Waals surface area contributed by atoms with E-state index in [2.05, 4.69) is 31.2 Å². The summed E-state index contributed by atoms with van der Waals surface area (Å²) in [6.45, 7) is -0.521. The molecule has 1 aliphatic rings. The smallest absolute Gasteiger partial charge is 0.254 e. The van der Waals surface area contributed by atoms with E-state index in [0.29, 0.717) is 40.6 Å². The van der Waals surface area contributed by atoms with Crippen LogP contribution < -0.4 is 11.1 Å². The minimum absolute atomic E-state index is 0.0729. The predicted molar refractivity (Wildman–Crippen MR) is 132 cm³/mol. The molecule has 1 unspecified atom stereocenters. The Morgan fingerprint density at radius 1 is 1.17 bits per heavy atom. The summed E-state index contributed by atoms with van der Waals surface area (Å²) in [6, 6.07) is 6.87. The summed E-state index contributed by atoms with van der Waals surface area (Å²) < 4.78 is 29.2. The molecule has 2 aromatic carbocycles. The molecule has 1 aromatic heterocycles. The van der Waals surface area contributed by atoms with Gasteiger partial charge in [-0.05, 0) is 55.2 Å². The number of aliphatic hydroxyl groups excluding tert-OH is 3. The zero-order valence-corrected chi connectivity index (χ0v) is 20.6. The number of benzene rings is 2. The molecule has 1 saturated carbocycles. The van der Waals surface area contributed by atoms with Gasteiger partial charge in [0, 0.05) is 16.0 Å². The molecule has 190 valence electrons. The maximum atomic E-state index is 15.0. The Balaban J connectivity index is 1.56. The molecular weight excluding hydrogens is 538 g/mol. The van der Waals surface area contributed by atoms with Gasteiger partial charge in [0.25, 0.3) is 5.91 Å². The van der Waals surface area contributed by atoms with E-state index < -0.39 is 42.4 Å². The Kier molecular flexibility index (Phi) is 7.94. The molecular formula is C25H25BrF2N4O4. The van der Waals surface area contributed by atoms with Crippen molar-refractivity contribution in [3.05, 3.63) is 75.5 Å². The topological polar surface area (TPSA) is 142 Å². The lowest BCUT2D eigenvalue weighted by Crippen LogP contribution is -2.33. The van der Waals surface area contributed by atoms with Gasteiger partial charge in [-0.2, -0.15) is 0 Å². The van der Waals surface area contributed by atoms with Gasteiger partial charge in [-0.1, -0.05) is 22.0 Å². The molecule has 1 amide bonds. The summed E-state index contributed by atoms with van der Waals surface area (Å²) in [5, 5.41) is 32.0. The highest BCUT2D eigenvalue weighted by Gasteiger charge is 2.30. The Hall–Kier alpha value is -2.99. The van der Waals surface area contributed by atoms with Gasteiger partial charge in [0.05, 0.1) is 42.3 Å². The third-order valence-corrected chi connectivity index (χ3v) is 6.74. The van der Waals surface area contributed by atoms with E-state index in [1.165, 1.54) is 30.5 Å². The van der Waals surface area contributed by atoms with Gasteiger partial charge < -0.3 is 26.4 Å². The molecule has 0 bridgehead atoms. The molecule has 4 atom stereocenters. The summed E-state index contributed by atoms with van der Waals surface area (Å²) in [6.07, 6.45) is 1.22. The molecule has 0 saturated heterocycles. The van der Waals surface area contributed by atoms with Gasteiger partial charge in [0.1, 0.15) is 23.1 Å². The van der Waals surface area contributed by atoms with Gasteiger partial charge in [-0.15, -0.1) is 0 Å². The number of halogens is 3. The number of carbonyl (C=O) groups is 1. The number of nitrogens with one attached hydrogen (secondary N) is 1. The fourth-order valence-corrected chi connectivity index (χ4v) is 4.80. The number of hydrogen-bond donors (Lipinski definition) is 5. The third-order valence-electron chi connectivity index (χ3n) is 6.28. The number of carbonyl (C=O) groups excluding carboxylic acids is 1. The zero-order valence-electron chi connectivity index (χ0n) is 19.0. The predicted octanol–water partition coefficient (Wildman–Crippen LogP) is 3.22. The van der Waals surface area contributed by atoms with Crippen LogP contribution in [0.2, 0.25) is 0 Å². The summed E-state index contributed by atoms with van der Waals surface area (Å²) in [4.78, 5) is 21.5. The normalized spacial score (nSPS) is 20.7. The number of rotatable bonds is 6. The average Bonchev–Trinajstić information content (AvgIpc) is 2.83. The van der Waals surface area contributed by atoms with Crippen molar-refractivity contribution < 1.29 is 28.9 Å². The van der Waals surface area contributed by atoms with Gasteiger partial charge in [-0.3, -0.25) is 4.79 Å². The van der Waals surface area contributed by atoms with Crippen LogP contribution in [-0.2, 0) is 0 Å². The van der Waals surface area contributed by atoms with Crippen LogP contribution in [-0.4, -0.2) is 50.0 Å². The molecule has 1 aliphatic carbocycles. The van der Waals surface area contributed by atoms with Crippen LogP contribution in [0.25, 0.3) is 11.3 Å². The molecule has 0 spiro atoms. The SMILES string of the molecule is Nc1ncc([C@@H]2CC[C@@H](O)[C@H](O)C2)nc1-c1ccc(C(=O)NC(CO)c2cc(F)cc(Br)c2)c(F)c1. The van der Waals surface area contributed by atoms with E-state index in [-0.39, 0.29) is 23.0 Å². The number of amides is 1. The van der Waals surface area contributed by atoms with Crippen molar-refractivity contribution in [2.24, 2.45) is 0 Å². The van der Waals surface area contributed by atoms with Crippen molar-refractivity contribution in [1.29, 1.82) is 0 Å². The highest BCUT2D eigenvalue weighted by molar-refractivity contribution is 9.10. The van der Waals surface area contributed by atoms with Crippen LogP contribution in [0.1, 0.15) is 52.8 Å². The molecule has 36 heavy (non-hydrogen) atoms. The van der Waals surface area contributed by atoms with Crippen LogP contribution in [0.15, 0.2) is 47.1 Å².